The normalized spacial score (nSPS) is 13.2. The van der Waals surface area contributed by atoms with Gasteiger partial charge in [-0.2, -0.15) is 0 Å². The Morgan fingerprint density at radius 2 is 0.700 bits per heavy atom. The molecule has 0 saturated heterocycles. The molecule has 336 valence electrons. The molecule has 0 aromatic carbocycles. The maximum absolute atomic E-state index is 12.7. The Hall–Kier alpha value is -4.19. The second-order valence-corrected chi connectivity index (χ2v) is 14.9. The summed E-state index contributed by atoms with van der Waals surface area (Å²) in [5.41, 5.74) is 0. The highest BCUT2D eigenvalue weighted by molar-refractivity contribution is 5.72. The average Bonchev–Trinajstić information content (AvgIpc) is 3.24. The topological polar surface area (TPSA) is 78.9 Å². The summed E-state index contributed by atoms with van der Waals surface area (Å²) >= 11 is 0. The van der Waals surface area contributed by atoms with E-state index in [1.165, 1.54) is 32.1 Å². The van der Waals surface area contributed by atoms with Crippen LogP contribution in [-0.4, -0.2) is 37.2 Å². The van der Waals surface area contributed by atoms with Gasteiger partial charge in [-0.15, -0.1) is 0 Å². The molecule has 0 radical (unpaired) electrons. The van der Waals surface area contributed by atoms with Gasteiger partial charge in [0.25, 0.3) is 0 Å². The molecule has 6 nitrogen and oxygen atoms in total. The Morgan fingerprint density at radius 3 is 1.10 bits per heavy atom. The fraction of sp³-hybridized carbons (Fsp3) is 0.574. The molecule has 0 fully saturated rings. The molecular formula is C54H84O6. The third-order valence-corrected chi connectivity index (χ3v) is 9.24. The highest BCUT2D eigenvalue weighted by Crippen LogP contribution is 2.11. The predicted octanol–water partition coefficient (Wildman–Crippen LogP) is 15.4. The smallest absolute Gasteiger partial charge is 0.310 e. The summed E-state index contributed by atoms with van der Waals surface area (Å²) in [6, 6.07) is 0. The van der Waals surface area contributed by atoms with Crippen molar-refractivity contribution in [3.63, 3.8) is 0 Å². The number of ether oxygens (including phenoxy) is 3. The lowest BCUT2D eigenvalue weighted by Crippen LogP contribution is -2.30. The third kappa shape index (κ3) is 44.9. The molecule has 1 atom stereocenters. The van der Waals surface area contributed by atoms with Crippen molar-refractivity contribution in [2.75, 3.05) is 13.2 Å². The first-order chi connectivity index (χ1) is 29.5. The van der Waals surface area contributed by atoms with E-state index in [-0.39, 0.29) is 31.6 Å². The van der Waals surface area contributed by atoms with E-state index in [1.54, 1.807) is 6.08 Å². The van der Waals surface area contributed by atoms with Gasteiger partial charge in [-0.05, 0) is 89.9 Å². The molecular weight excluding hydrogens is 745 g/mol. The van der Waals surface area contributed by atoms with E-state index in [9.17, 15) is 14.4 Å². The summed E-state index contributed by atoms with van der Waals surface area (Å²) in [7, 11) is 0. The van der Waals surface area contributed by atoms with E-state index in [0.29, 0.717) is 19.3 Å². The monoisotopic (exact) mass is 829 g/mol. The minimum absolute atomic E-state index is 0.0854. The molecule has 0 spiro atoms. The van der Waals surface area contributed by atoms with Crippen molar-refractivity contribution in [1.82, 2.24) is 0 Å². The van der Waals surface area contributed by atoms with Gasteiger partial charge in [0.1, 0.15) is 13.2 Å². The molecule has 0 aliphatic heterocycles. The highest BCUT2D eigenvalue weighted by atomic mass is 16.6. The van der Waals surface area contributed by atoms with Crippen LogP contribution >= 0.6 is 0 Å². The van der Waals surface area contributed by atoms with E-state index in [1.807, 2.05) is 6.08 Å². The van der Waals surface area contributed by atoms with Crippen LogP contribution in [0.1, 0.15) is 181 Å². The number of hydrogen-bond donors (Lipinski definition) is 0. The summed E-state index contributed by atoms with van der Waals surface area (Å²) in [6.07, 6.45) is 65.0. The van der Waals surface area contributed by atoms with Crippen LogP contribution < -0.4 is 0 Å². The number of rotatable bonds is 40. The Kier molecular flexibility index (Phi) is 44.2. The largest absolute Gasteiger partial charge is 0.462 e. The molecule has 0 saturated carbocycles. The van der Waals surface area contributed by atoms with E-state index in [4.69, 9.17) is 14.2 Å². The van der Waals surface area contributed by atoms with Gasteiger partial charge >= 0.3 is 17.9 Å². The van der Waals surface area contributed by atoms with Crippen molar-refractivity contribution in [2.45, 2.75) is 187 Å². The SMILES string of the molecule is CC/C=C\C/C=C\C/C=C\C/C=C\C/C=C\CCCCCC(=O)OCC(COC(=O)CCCCCCCCCC)OC(=O)C/C=C\C/C=C\C/C=C\C/C=C\C/C=C\CC. The van der Waals surface area contributed by atoms with Gasteiger partial charge in [-0.1, -0.05) is 194 Å². The average molecular weight is 829 g/mol. The highest BCUT2D eigenvalue weighted by Gasteiger charge is 2.19. The van der Waals surface area contributed by atoms with Crippen molar-refractivity contribution in [2.24, 2.45) is 0 Å². The number of unbranched alkanes of at least 4 members (excludes halogenated alkanes) is 10. The second kappa shape index (κ2) is 47.5. The summed E-state index contributed by atoms with van der Waals surface area (Å²) in [5, 5.41) is 0. The molecule has 6 heteroatoms. The molecule has 0 aliphatic rings. The minimum Gasteiger partial charge on any atom is -0.462 e. The van der Waals surface area contributed by atoms with Crippen molar-refractivity contribution in [3.05, 3.63) is 122 Å². The van der Waals surface area contributed by atoms with Gasteiger partial charge in [-0.25, -0.2) is 0 Å². The molecule has 0 heterocycles. The molecule has 0 aliphatic carbocycles. The lowest BCUT2D eigenvalue weighted by molar-refractivity contribution is -0.166. The summed E-state index contributed by atoms with van der Waals surface area (Å²) in [4.78, 5) is 37.7. The zero-order valence-electron chi connectivity index (χ0n) is 38.2. The third-order valence-electron chi connectivity index (χ3n) is 9.24. The summed E-state index contributed by atoms with van der Waals surface area (Å²) in [6.45, 7) is 6.23. The molecule has 1 unspecified atom stereocenters. The Balaban J connectivity index is 4.53. The van der Waals surface area contributed by atoms with Crippen molar-refractivity contribution >= 4 is 17.9 Å². The molecule has 0 amide bonds. The van der Waals surface area contributed by atoms with Crippen LogP contribution in [0.15, 0.2) is 122 Å². The Bertz CT molecular complexity index is 1320. The van der Waals surface area contributed by atoms with Gasteiger partial charge in [0.05, 0.1) is 6.42 Å². The van der Waals surface area contributed by atoms with Crippen LogP contribution in [0.3, 0.4) is 0 Å². The maximum atomic E-state index is 12.7. The number of carbonyl (C=O) groups is 3. The van der Waals surface area contributed by atoms with Crippen molar-refractivity contribution in [3.8, 4) is 0 Å². The van der Waals surface area contributed by atoms with E-state index in [2.05, 4.69) is 130 Å². The number of hydrogen-bond acceptors (Lipinski definition) is 6. The van der Waals surface area contributed by atoms with E-state index >= 15 is 0 Å². The molecule has 0 rings (SSSR count). The minimum atomic E-state index is -0.845. The number of allylic oxidation sites excluding steroid dienone is 19. The quantitative estimate of drug-likeness (QED) is 0.0265. The molecule has 0 bridgehead atoms. The van der Waals surface area contributed by atoms with Crippen LogP contribution in [-0.2, 0) is 28.6 Å². The van der Waals surface area contributed by atoms with Crippen LogP contribution in [0.25, 0.3) is 0 Å². The van der Waals surface area contributed by atoms with Gasteiger partial charge < -0.3 is 14.2 Å². The van der Waals surface area contributed by atoms with E-state index in [0.717, 1.165) is 103 Å². The zero-order chi connectivity index (χ0) is 43.7. The van der Waals surface area contributed by atoms with Crippen LogP contribution in [0, 0.1) is 0 Å². The summed E-state index contributed by atoms with van der Waals surface area (Å²) < 4.78 is 16.6. The molecule has 0 N–H and O–H groups in total. The lowest BCUT2D eigenvalue weighted by Gasteiger charge is -2.18. The maximum Gasteiger partial charge on any atom is 0.310 e. The van der Waals surface area contributed by atoms with Crippen LogP contribution in [0.2, 0.25) is 0 Å². The first kappa shape index (κ1) is 55.8. The van der Waals surface area contributed by atoms with Gasteiger partial charge in [0.2, 0.25) is 0 Å². The van der Waals surface area contributed by atoms with Crippen LogP contribution in [0.5, 0.6) is 0 Å². The Morgan fingerprint density at radius 1 is 0.367 bits per heavy atom. The molecule has 0 aromatic heterocycles. The first-order valence-electron chi connectivity index (χ1n) is 23.5. The van der Waals surface area contributed by atoms with E-state index < -0.39 is 12.1 Å². The van der Waals surface area contributed by atoms with Gasteiger partial charge in [0, 0.05) is 12.8 Å². The standard InChI is InChI=1S/C54H84O6/c1-4-7-10-13-16-19-21-23-25-26-27-28-30-31-33-35-38-41-44-47-53(56)59-50-51(49-58-52(55)46-43-40-37-18-15-12-9-6-3)60-54(57)48-45-42-39-36-34-32-29-24-22-20-17-14-11-8-5-2/h7-8,10-11,16-17,19-20,23-25,27-29,31,33-34,36,42,45,51H,4-6,9,12-15,18,21-22,26,30,32,35,37-41,43-44,46-50H2,1-3H3/b10-7-,11-8-,19-16-,20-17-,25-23-,28-27-,29-24-,33-31-,36-34-,45-42-. The zero-order valence-corrected chi connectivity index (χ0v) is 38.2. The van der Waals surface area contributed by atoms with Gasteiger partial charge in [-0.3, -0.25) is 14.4 Å². The molecule has 0 aromatic rings. The van der Waals surface area contributed by atoms with Gasteiger partial charge in [0.15, 0.2) is 6.10 Å². The fourth-order valence-corrected chi connectivity index (χ4v) is 5.78. The Labute approximate surface area is 367 Å². The van der Waals surface area contributed by atoms with Crippen molar-refractivity contribution < 1.29 is 28.6 Å². The first-order valence-corrected chi connectivity index (χ1v) is 23.5. The predicted molar refractivity (Wildman–Crippen MR) is 256 cm³/mol. The van der Waals surface area contributed by atoms with Crippen LogP contribution in [0.4, 0.5) is 0 Å². The number of carbonyl (C=O) groups excluding carboxylic acids is 3. The lowest BCUT2D eigenvalue weighted by atomic mass is 10.1. The van der Waals surface area contributed by atoms with Crippen molar-refractivity contribution in [1.29, 1.82) is 0 Å². The summed E-state index contributed by atoms with van der Waals surface area (Å²) in [5.74, 6) is -1.11. The number of esters is 3. The fourth-order valence-electron chi connectivity index (χ4n) is 5.78. The molecule has 60 heavy (non-hydrogen) atoms. The second-order valence-electron chi connectivity index (χ2n) is 14.9.